The van der Waals surface area contributed by atoms with Gasteiger partial charge in [-0.1, -0.05) is 6.92 Å². The van der Waals surface area contributed by atoms with E-state index in [1.807, 2.05) is 0 Å². The molecule has 0 aromatic heterocycles. The molecule has 0 aromatic rings. The van der Waals surface area contributed by atoms with Crippen molar-refractivity contribution < 1.29 is 13.2 Å². The first-order valence-corrected chi connectivity index (χ1v) is 5.97. The second-order valence-electron chi connectivity index (χ2n) is 4.68. The van der Waals surface area contributed by atoms with Crippen LogP contribution >= 0.6 is 0 Å². The SMILES string of the molecule is CC1CNCCCN(CCCC(F)(F)F)C1. The molecule has 1 saturated heterocycles. The average molecular weight is 238 g/mol. The molecule has 0 bridgehead atoms. The van der Waals surface area contributed by atoms with Crippen LogP contribution in [-0.4, -0.2) is 43.8 Å². The Hall–Kier alpha value is -0.290. The second kappa shape index (κ2) is 6.45. The van der Waals surface area contributed by atoms with Gasteiger partial charge in [-0.3, -0.25) is 0 Å². The molecule has 1 N–H and O–H groups in total. The van der Waals surface area contributed by atoms with Gasteiger partial charge >= 0.3 is 6.18 Å². The summed E-state index contributed by atoms with van der Waals surface area (Å²) in [6.07, 6.45) is -3.41. The molecule has 16 heavy (non-hydrogen) atoms. The van der Waals surface area contributed by atoms with E-state index in [0.29, 0.717) is 12.5 Å². The summed E-state index contributed by atoms with van der Waals surface area (Å²) in [5.41, 5.74) is 0. The molecule has 2 nitrogen and oxygen atoms in total. The van der Waals surface area contributed by atoms with E-state index in [2.05, 4.69) is 17.1 Å². The normalized spacial score (nSPS) is 25.1. The van der Waals surface area contributed by atoms with E-state index < -0.39 is 12.6 Å². The zero-order valence-corrected chi connectivity index (χ0v) is 9.82. The van der Waals surface area contributed by atoms with Crippen LogP contribution in [-0.2, 0) is 0 Å². The first-order chi connectivity index (χ1) is 7.47. The van der Waals surface area contributed by atoms with Crippen molar-refractivity contribution in [3.8, 4) is 0 Å². The Balaban J connectivity index is 2.22. The lowest BCUT2D eigenvalue weighted by Crippen LogP contribution is -2.39. The molecule has 1 atom stereocenters. The zero-order valence-electron chi connectivity index (χ0n) is 9.82. The molecule has 0 spiro atoms. The zero-order chi connectivity index (χ0) is 12.0. The molecule has 0 saturated carbocycles. The van der Waals surface area contributed by atoms with Gasteiger partial charge in [0.05, 0.1) is 0 Å². The highest BCUT2D eigenvalue weighted by Gasteiger charge is 2.26. The van der Waals surface area contributed by atoms with Crippen molar-refractivity contribution in [3.63, 3.8) is 0 Å². The maximum Gasteiger partial charge on any atom is 0.389 e. The van der Waals surface area contributed by atoms with E-state index in [-0.39, 0.29) is 6.42 Å². The maximum absolute atomic E-state index is 12.0. The van der Waals surface area contributed by atoms with Crippen LogP contribution < -0.4 is 5.32 Å². The summed E-state index contributed by atoms with van der Waals surface area (Å²) < 4.78 is 36.0. The molecule has 0 radical (unpaired) electrons. The largest absolute Gasteiger partial charge is 0.389 e. The van der Waals surface area contributed by atoms with Crippen LogP contribution in [0.15, 0.2) is 0 Å². The minimum Gasteiger partial charge on any atom is -0.316 e. The molecule has 1 heterocycles. The van der Waals surface area contributed by atoms with Crippen LogP contribution in [0, 0.1) is 5.92 Å². The Morgan fingerprint density at radius 3 is 2.81 bits per heavy atom. The van der Waals surface area contributed by atoms with Gasteiger partial charge in [0.1, 0.15) is 0 Å². The third-order valence-electron chi connectivity index (χ3n) is 2.83. The summed E-state index contributed by atoms with van der Waals surface area (Å²) in [5.74, 6) is 0.520. The second-order valence-corrected chi connectivity index (χ2v) is 4.68. The number of alkyl halides is 3. The highest BCUT2D eigenvalue weighted by Crippen LogP contribution is 2.21. The molecular weight excluding hydrogens is 217 g/mol. The molecule has 96 valence electrons. The fourth-order valence-electron chi connectivity index (χ4n) is 2.08. The molecule has 1 aliphatic rings. The van der Waals surface area contributed by atoms with Gasteiger partial charge in [0.2, 0.25) is 0 Å². The Morgan fingerprint density at radius 1 is 1.38 bits per heavy atom. The number of hydrogen-bond donors (Lipinski definition) is 1. The van der Waals surface area contributed by atoms with Crippen LogP contribution in [0.2, 0.25) is 0 Å². The van der Waals surface area contributed by atoms with Gasteiger partial charge in [-0.15, -0.1) is 0 Å². The highest BCUT2D eigenvalue weighted by atomic mass is 19.4. The lowest BCUT2D eigenvalue weighted by molar-refractivity contribution is -0.136. The van der Waals surface area contributed by atoms with Crippen molar-refractivity contribution in [2.75, 3.05) is 32.7 Å². The van der Waals surface area contributed by atoms with Crippen LogP contribution in [0.1, 0.15) is 26.2 Å². The summed E-state index contributed by atoms with van der Waals surface area (Å²) in [4.78, 5) is 2.16. The summed E-state index contributed by atoms with van der Waals surface area (Å²) in [6, 6.07) is 0. The average Bonchev–Trinajstić information content (AvgIpc) is 2.11. The maximum atomic E-state index is 12.0. The van der Waals surface area contributed by atoms with Gasteiger partial charge in [0.15, 0.2) is 0 Å². The van der Waals surface area contributed by atoms with E-state index in [4.69, 9.17) is 0 Å². The standard InChI is InChI=1S/C11H21F3N2/c1-10-8-15-5-3-7-16(9-10)6-2-4-11(12,13)14/h10,15H,2-9H2,1H3. The summed E-state index contributed by atoms with van der Waals surface area (Å²) >= 11 is 0. The summed E-state index contributed by atoms with van der Waals surface area (Å²) in [7, 11) is 0. The van der Waals surface area contributed by atoms with E-state index in [0.717, 1.165) is 32.6 Å². The quantitative estimate of drug-likeness (QED) is 0.811. The molecule has 0 aliphatic carbocycles. The van der Waals surface area contributed by atoms with Gasteiger partial charge < -0.3 is 10.2 Å². The van der Waals surface area contributed by atoms with Crippen molar-refractivity contribution in [3.05, 3.63) is 0 Å². The van der Waals surface area contributed by atoms with Gasteiger partial charge in [-0.05, 0) is 44.9 Å². The number of halogens is 3. The Labute approximate surface area is 95.2 Å². The van der Waals surface area contributed by atoms with Crippen LogP contribution in [0.5, 0.6) is 0 Å². The molecule has 0 aromatic carbocycles. The fourth-order valence-corrected chi connectivity index (χ4v) is 2.08. The third kappa shape index (κ3) is 6.33. The topological polar surface area (TPSA) is 15.3 Å². The van der Waals surface area contributed by atoms with E-state index in [1.54, 1.807) is 0 Å². The lowest BCUT2D eigenvalue weighted by atomic mass is 10.1. The third-order valence-corrected chi connectivity index (χ3v) is 2.83. The predicted octanol–water partition coefficient (Wildman–Crippen LogP) is 2.26. The first-order valence-electron chi connectivity index (χ1n) is 5.97. The summed E-state index contributed by atoms with van der Waals surface area (Å²) in [6.45, 7) is 6.47. The van der Waals surface area contributed by atoms with E-state index in [1.165, 1.54) is 0 Å². The molecule has 0 amide bonds. The minimum atomic E-state index is -4.00. The van der Waals surface area contributed by atoms with Gasteiger partial charge in [-0.2, -0.15) is 13.2 Å². The first kappa shape index (κ1) is 13.8. The smallest absolute Gasteiger partial charge is 0.316 e. The van der Waals surface area contributed by atoms with Crippen molar-refractivity contribution in [2.24, 2.45) is 5.92 Å². The van der Waals surface area contributed by atoms with Gasteiger partial charge in [-0.25, -0.2) is 0 Å². The summed E-state index contributed by atoms with van der Waals surface area (Å²) in [5, 5.41) is 3.33. The van der Waals surface area contributed by atoms with E-state index >= 15 is 0 Å². The predicted molar refractivity (Wildman–Crippen MR) is 58.4 cm³/mol. The molecule has 1 fully saturated rings. The molecule has 1 rings (SSSR count). The van der Waals surface area contributed by atoms with E-state index in [9.17, 15) is 13.2 Å². The lowest BCUT2D eigenvalue weighted by Gasteiger charge is -2.28. The fraction of sp³-hybridized carbons (Fsp3) is 1.00. The van der Waals surface area contributed by atoms with Crippen molar-refractivity contribution in [2.45, 2.75) is 32.4 Å². The Kier molecular flexibility index (Phi) is 5.55. The molecule has 1 unspecified atom stereocenters. The van der Waals surface area contributed by atoms with Crippen molar-refractivity contribution in [1.29, 1.82) is 0 Å². The highest BCUT2D eigenvalue weighted by molar-refractivity contribution is 4.69. The number of rotatable bonds is 3. The Bertz CT molecular complexity index is 194. The molecule has 1 aliphatic heterocycles. The van der Waals surface area contributed by atoms with Crippen molar-refractivity contribution in [1.82, 2.24) is 10.2 Å². The minimum absolute atomic E-state index is 0.226. The Morgan fingerprint density at radius 2 is 2.12 bits per heavy atom. The van der Waals surface area contributed by atoms with Gasteiger partial charge in [0.25, 0.3) is 0 Å². The number of nitrogens with zero attached hydrogens (tertiary/aromatic N) is 1. The molecule has 5 heteroatoms. The van der Waals surface area contributed by atoms with Crippen molar-refractivity contribution >= 4 is 0 Å². The van der Waals surface area contributed by atoms with Crippen LogP contribution in [0.4, 0.5) is 13.2 Å². The number of hydrogen-bond acceptors (Lipinski definition) is 2. The van der Waals surface area contributed by atoms with Crippen LogP contribution in [0.3, 0.4) is 0 Å². The van der Waals surface area contributed by atoms with Crippen LogP contribution in [0.25, 0.3) is 0 Å². The monoisotopic (exact) mass is 238 g/mol. The molecular formula is C11H21F3N2. The number of nitrogens with one attached hydrogen (secondary N) is 1. The van der Waals surface area contributed by atoms with Gasteiger partial charge in [0, 0.05) is 13.0 Å².